The van der Waals surface area contributed by atoms with Crippen LogP contribution < -0.4 is 28.7 Å². The number of hydrogen-bond acceptors (Lipinski definition) is 1. The van der Waals surface area contributed by atoms with Crippen molar-refractivity contribution in [2.24, 2.45) is 7.05 Å². The van der Waals surface area contributed by atoms with E-state index in [1.807, 2.05) is 34.6 Å². The molecule has 2 aromatic rings. The molecule has 0 aliphatic rings. The first-order valence-electron chi connectivity index (χ1n) is 4.80. The molecule has 0 amide bonds. The van der Waals surface area contributed by atoms with Crippen molar-refractivity contribution < 1.29 is 28.7 Å². The minimum Gasteiger partial charge on any atom is -1.00 e. The molecule has 1 aromatic carbocycles. The Labute approximate surface area is 107 Å². The van der Waals surface area contributed by atoms with Crippen molar-refractivity contribution in [3.63, 3.8) is 0 Å². The molecule has 0 saturated carbocycles. The van der Waals surface area contributed by atoms with Crippen LogP contribution in [0.1, 0.15) is 6.92 Å². The van der Waals surface area contributed by atoms with Gasteiger partial charge in [0.1, 0.15) is 13.6 Å². The molecule has 0 radical (unpaired) electrons. The van der Waals surface area contributed by atoms with Gasteiger partial charge >= 0.3 is 0 Å². The van der Waals surface area contributed by atoms with E-state index in [2.05, 4.69) is 30.5 Å². The molecule has 80 valence electrons. The first-order valence-corrected chi connectivity index (χ1v) is 4.80. The fourth-order valence-corrected chi connectivity index (χ4v) is 1.50. The van der Waals surface area contributed by atoms with Crippen molar-refractivity contribution in [2.45, 2.75) is 13.5 Å². The summed E-state index contributed by atoms with van der Waals surface area (Å²) in [7, 11) is 1.97. The Hall–Kier alpha value is -0.910. The summed E-state index contributed by atoms with van der Waals surface area (Å²) in [5, 5.41) is 4.34. The molecule has 4 heteroatoms. The number of halogens is 1. The van der Waals surface area contributed by atoms with E-state index >= 15 is 0 Å². The summed E-state index contributed by atoms with van der Waals surface area (Å²) in [6, 6.07) is 10.3. The molecule has 3 nitrogen and oxygen atoms in total. The molecular formula is C11H14IN3. The summed E-state index contributed by atoms with van der Waals surface area (Å²) in [6.07, 6.45) is 2.06. The van der Waals surface area contributed by atoms with Gasteiger partial charge in [0.15, 0.2) is 11.9 Å². The Bertz CT molecular complexity index is 423. The van der Waals surface area contributed by atoms with E-state index in [1.54, 1.807) is 0 Å². The molecule has 0 N–H and O–H groups in total. The highest BCUT2D eigenvalue weighted by atomic mass is 127. The van der Waals surface area contributed by atoms with Gasteiger partial charge in [-0.15, -0.1) is 9.36 Å². The van der Waals surface area contributed by atoms with Crippen LogP contribution in [0.3, 0.4) is 0 Å². The van der Waals surface area contributed by atoms with Gasteiger partial charge in [-0.05, 0) is 6.92 Å². The molecule has 15 heavy (non-hydrogen) atoms. The van der Waals surface area contributed by atoms with Crippen molar-refractivity contribution in [1.29, 1.82) is 0 Å². The zero-order valence-corrected chi connectivity index (χ0v) is 11.0. The number of aromatic nitrogens is 3. The third kappa shape index (κ3) is 2.56. The largest absolute Gasteiger partial charge is 1.00 e. The SMILES string of the molecule is CC[n+]1cc(-c2ccccc2)n(C)n1.[I-]. The van der Waals surface area contributed by atoms with Gasteiger partial charge < -0.3 is 24.0 Å². The Morgan fingerprint density at radius 3 is 2.47 bits per heavy atom. The number of rotatable bonds is 2. The van der Waals surface area contributed by atoms with Crippen molar-refractivity contribution in [2.75, 3.05) is 0 Å². The second kappa shape index (κ2) is 5.25. The van der Waals surface area contributed by atoms with Crippen LogP contribution in [0, 0.1) is 0 Å². The lowest BCUT2D eigenvalue weighted by atomic mass is 10.2. The van der Waals surface area contributed by atoms with E-state index in [0.29, 0.717) is 0 Å². The molecule has 0 atom stereocenters. The normalized spacial score (nSPS) is 9.73. The zero-order valence-electron chi connectivity index (χ0n) is 8.89. The van der Waals surface area contributed by atoms with Gasteiger partial charge in [0.25, 0.3) is 0 Å². The number of hydrogen-bond donors (Lipinski definition) is 0. The minimum atomic E-state index is 0. The topological polar surface area (TPSA) is 21.7 Å². The van der Waals surface area contributed by atoms with Crippen LogP contribution in [0.15, 0.2) is 36.5 Å². The Balaban J connectivity index is 0.00000112. The van der Waals surface area contributed by atoms with Crippen molar-refractivity contribution >= 4 is 0 Å². The second-order valence-corrected chi connectivity index (χ2v) is 3.25. The van der Waals surface area contributed by atoms with Crippen LogP contribution in [0.4, 0.5) is 0 Å². The van der Waals surface area contributed by atoms with Crippen molar-refractivity contribution in [3.8, 4) is 11.3 Å². The van der Waals surface area contributed by atoms with Gasteiger partial charge in [-0.3, -0.25) is 0 Å². The van der Waals surface area contributed by atoms with Gasteiger partial charge in [0.05, 0.1) is 5.21 Å². The molecular weight excluding hydrogens is 301 g/mol. The monoisotopic (exact) mass is 315 g/mol. The van der Waals surface area contributed by atoms with Crippen LogP contribution >= 0.6 is 0 Å². The maximum atomic E-state index is 4.34. The summed E-state index contributed by atoms with van der Waals surface area (Å²) in [5.41, 5.74) is 2.35. The summed E-state index contributed by atoms with van der Waals surface area (Å²) < 4.78 is 3.83. The first-order chi connectivity index (χ1) is 6.81. The predicted octanol–water partition coefficient (Wildman–Crippen LogP) is -1.60. The Morgan fingerprint density at radius 1 is 1.27 bits per heavy atom. The summed E-state index contributed by atoms with van der Waals surface area (Å²) in [6.45, 7) is 2.99. The van der Waals surface area contributed by atoms with Crippen LogP contribution in [-0.2, 0) is 13.6 Å². The van der Waals surface area contributed by atoms with E-state index in [1.165, 1.54) is 5.56 Å². The fraction of sp³-hybridized carbons (Fsp3) is 0.273. The first kappa shape index (κ1) is 12.2. The van der Waals surface area contributed by atoms with E-state index < -0.39 is 0 Å². The molecule has 1 aromatic heterocycles. The smallest absolute Gasteiger partial charge is 0.197 e. The quantitative estimate of drug-likeness (QED) is 0.483. The molecule has 1 heterocycles. The number of benzene rings is 1. The predicted molar refractivity (Wildman–Crippen MR) is 54.5 cm³/mol. The van der Waals surface area contributed by atoms with Crippen LogP contribution in [0.5, 0.6) is 0 Å². The van der Waals surface area contributed by atoms with Gasteiger partial charge in [0.2, 0.25) is 0 Å². The molecule has 0 aliphatic carbocycles. The second-order valence-electron chi connectivity index (χ2n) is 3.25. The Kier molecular flexibility index (Phi) is 4.26. The fourth-order valence-electron chi connectivity index (χ4n) is 1.50. The zero-order chi connectivity index (χ0) is 9.97. The minimum absolute atomic E-state index is 0. The standard InChI is InChI=1S/C11H14N3.HI/c1-3-14-9-11(13(2)12-14)10-7-5-4-6-8-10;/h4-9H,3H2,1-2H3;1H/q+1;/p-1. The van der Waals surface area contributed by atoms with Gasteiger partial charge in [-0.2, -0.15) is 0 Å². The van der Waals surface area contributed by atoms with Crippen molar-refractivity contribution in [3.05, 3.63) is 36.5 Å². The number of aryl methyl sites for hydroxylation is 2. The van der Waals surface area contributed by atoms with Crippen molar-refractivity contribution in [1.82, 2.24) is 9.90 Å². The average Bonchev–Trinajstić information content (AvgIpc) is 2.61. The highest BCUT2D eigenvalue weighted by Gasteiger charge is 2.12. The van der Waals surface area contributed by atoms with E-state index in [-0.39, 0.29) is 24.0 Å². The molecule has 0 saturated heterocycles. The maximum absolute atomic E-state index is 4.34. The van der Waals surface area contributed by atoms with E-state index in [9.17, 15) is 0 Å². The third-order valence-electron chi connectivity index (χ3n) is 2.26. The molecule has 0 aliphatic heterocycles. The lowest BCUT2D eigenvalue weighted by Gasteiger charge is -1.92. The molecule has 0 bridgehead atoms. The van der Waals surface area contributed by atoms with Gasteiger partial charge in [-0.1, -0.05) is 30.3 Å². The molecule has 0 fully saturated rings. The highest BCUT2D eigenvalue weighted by molar-refractivity contribution is 5.57. The average molecular weight is 315 g/mol. The summed E-state index contributed by atoms with van der Waals surface area (Å²) >= 11 is 0. The van der Waals surface area contributed by atoms with E-state index in [4.69, 9.17) is 0 Å². The van der Waals surface area contributed by atoms with Gasteiger partial charge in [-0.25, -0.2) is 0 Å². The molecule has 0 spiro atoms. The summed E-state index contributed by atoms with van der Waals surface area (Å²) in [5.74, 6) is 0. The number of nitrogens with zero attached hydrogens (tertiary/aromatic N) is 3. The van der Waals surface area contributed by atoms with Crippen LogP contribution in [-0.4, -0.2) is 9.90 Å². The lowest BCUT2D eigenvalue weighted by Crippen LogP contribution is -3.00. The van der Waals surface area contributed by atoms with Crippen LogP contribution in [0.25, 0.3) is 11.3 Å². The third-order valence-corrected chi connectivity index (χ3v) is 2.26. The Morgan fingerprint density at radius 2 is 1.93 bits per heavy atom. The maximum Gasteiger partial charge on any atom is 0.197 e. The van der Waals surface area contributed by atoms with Gasteiger partial charge in [0, 0.05) is 5.56 Å². The molecule has 2 rings (SSSR count). The highest BCUT2D eigenvalue weighted by Crippen LogP contribution is 2.14. The molecule has 0 unspecified atom stereocenters. The van der Waals surface area contributed by atoms with E-state index in [0.717, 1.165) is 12.2 Å². The lowest BCUT2D eigenvalue weighted by molar-refractivity contribution is -0.752. The van der Waals surface area contributed by atoms with Crippen LogP contribution in [0.2, 0.25) is 0 Å². The summed E-state index contributed by atoms with van der Waals surface area (Å²) in [4.78, 5) is 0.